The van der Waals surface area contributed by atoms with Crippen LogP contribution >= 0.6 is 0 Å². The first kappa shape index (κ1) is 20.1. The Bertz CT molecular complexity index is 901. The lowest BCUT2D eigenvalue weighted by Crippen LogP contribution is -2.53. The highest BCUT2D eigenvalue weighted by Crippen LogP contribution is 2.21. The van der Waals surface area contributed by atoms with Crippen LogP contribution in [0.2, 0.25) is 0 Å². The quantitative estimate of drug-likeness (QED) is 0.466. The van der Waals surface area contributed by atoms with Crippen LogP contribution in [0.4, 0.5) is 0 Å². The lowest BCUT2D eigenvalue weighted by Gasteiger charge is -2.36. The third-order valence-electron chi connectivity index (χ3n) is 5.63. The van der Waals surface area contributed by atoms with Crippen molar-refractivity contribution in [3.63, 3.8) is 0 Å². The Labute approximate surface area is 177 Å². The number of aliphatic imine (C=N–C) groups is 1. The predicted molar refractivity (Wildman–Crippen MR) is 116 cm³/mol. The second-order valence-electron chi connectivity index (χ2n) is 7.53. The molecule has 2 heterocycles. The van der Waals surface area contributed by atoms with Gasteiger partial charge in [0.05, 0.1) is 11.1 Å². The summed E-state index contributed by atoms with van der Waals surface area (Å²) in [6.45, 7) is 5.46. The molecule has 0 aromatic heterocycles. The van der Waals surface area contributed by atoms with Crippen molar-refractivity contribution in [1.29, 1.82) is 0 Å². The van der Waals surface area contributed by atoms with E-state index in [2.05, 4.69) is 44.4 Å². The molecule has 0 spiro atoms. The average Bonchev–Trinajstić information content (AvgIpc) is 3.03. The number of carbonyl (C=O) groups is 2. The van der Waals surface area contributed by atoms with Crippen molar-refractivity contribution in [2.75, 3.05) is 46.3 Å². The molecule has 0 bridgehead atoms. The first-order chi connectivity index (χ1) is 14.7. The molecule has 0 radical (unpaired) electrons. The Hall–Kier alpha value is -3.19. The number of rotatable bonds is 5. The maximum atomic E-state index is 12.5. The van der Waals surface area contributed by atoms with Gasteiger partial charge in [0.2, 0.25) is 0 Å². The monoisotopic (exact) mass is 405 g/mol. The second kappa shape index (κ2) is 9.09. The molecule has 1 N–H and O–H groups in total. The number of nitrogens with zero attached hydrogens (tertiary/aromatic N) is 4. The highest BCUT2D eigenvalue weighted by Gasteiger charge is 2.34. The third-order valence-corrected chi connectivity index (χ3v) is 5.63. The summed E-state index contributed by atoms with van der Waals surface area (Å²) in [5.41, 5.74) is 2.30. The highest BCUT2D eigenvalue weighted by molar-refractivity contribution is 6.21. The van der Waals surface area contributed by atoms with Gasteiger partial charge in [-0.25, -0.2) is 0 Å². The third kappa shape index (κ3) is 4.21. The molecule has 7 nitrogen and oxygen atoms in total. The minimum absolute atomic E-state index is 0.220. The molecule has 4 rings (SSSR count). The molecule has 2 aromatic carbocycles. The highest BCUT2D eigenvalue weighted by atomic mass is 16.2. The maximum Gasteiger partial charge on any atom is 0.261 e. The first-order valence-electron chi connectivity index (χ1n) is 10.3. The number of hydrogen-bond acceptors (Lipinski definition) is 4. The molecule has 2 aliphatic heterocycles. The average molecular weight is 406 g/mol. The number of benzene rings is 2. The predicted octanol–water partition coefficient (Wildman–Crippen LogP) is 1.68. The van der Waals surface area contributed by atoms with Crippen LogP contribution in [-0.2, 0) is 6.54 Å². The summed E-state index contributed by atoms with van der Waals surface area (Å²) >= 11 is 0. The van der Waals surface area contributed by atoms with E-state index in [4.69, 9.17) is 0 Å². The van der Waals surface area contributed by atoms with Crippen molar-refractivity contribution in [2.45, 2.75) is 6.54 Å². The van der Waals surface area contributed by atoms with Gasteiger partial charge in [-0.1, -0.05) is 42.5 Å². The van der Waals surface area contributed by atoms with Gasteiger partial charge in [0.15, 0.2) is 5.96 Å². The molecule has 156 valence electrons. The van der Waals surface area contributed by atoms with Crippen molar-refractivity contribution >= 4 is 17.8 Å². The summed E-state index contributed by atoms with van der Waals surface area (Å²) in [6, 6.07) is 17.5. The maximum absolute atomic E-state index is 12.5. The van der Waals surface area contributed by atoms with Crippen molar-refractivity contribution in [3.05, 3.63) is 71.3 Å². The van der Waals surface area contributed by atoms with Gasteiger partial charge in [0.25, 0.3) is 11.8 Å². The molecular formula is C23H27N5O2. The van der Waals surface area contributed by atoms with Gasteiger partial charge in [-0.05, 0) is 17.7 Å². The van der Waals surface area contributed by atoms with Crippen LogP contribution in [-0.4, -0.2) is 78.8 Å². The number of fused-ring (bicyclic) bond motifs is 1. The van der Waals surface area contributed by atoms with Gasteiger partial charge < -0.3 is 10.2 Å². The molecule has 30 heavy (non-hydrogen) atoms. The second-order valence-corrected chi connectivity index (χ2v) is 7.53. The van der Waals surface area contributed by atoms with Crippen molar-refractivity contribution in [2.24, 2.45) is 4.99 Å². The largest absolute Gasteiger partial charge is 0.354 e. The fourth-order valence-electron chi connectivity index (χ4n) is 4.01. The topological polar surface area (TPSA) is 68.2 Å². The number of carbonyl (C=O) groups excluding carboxylic acids is 2. The molecule has 2 aliphatic rings. The SMILES string of the molecule is CN=C(NCCN1C(=O)c2ccccc2C1=O)N1CCN(Cc2ccccc2)CC1. The summed E-state index contributed by atoms with van der Waals surface area (Å²) in [5, 5.41) is 3.31. The van der Waals surface area contributed by atoms with Crippen LogP contribution in [0.3, 0.4) is 0 Å². The fraction of sp³-hybridized carbons (Fsp3) is 0.348. The van der Waals surface area contributed by atoms with E-state index in [-0.39, 0.29) is 11.8 Å². The first-order valence-corrected chi connectivity index (χ1v) is 10.3. The normalized spacial score (nSPS) is 17.4. The van der Waals surface area contributed by atoms with Crippen LogP contribution in [0.1, 0.15) is 26.3 Å². The van der Waals surface area contributed by atoms with E-state index < -0.39 is 0 Å². The summed E-state index contributed by atoms with van der Waals surface area (Å²) in [4.78, 5) is 35.3. The van der Waals surface area contributed by atoms with E-state index in [0.29, 0.717) is 24.2 Å². The van der Waals surface area contributed by atoms with Crippen molar-refractivity contribution in [3.8, 4) is 0 Å². The summed E-state index contributed by atoms with van der Waals surface area (Å²) in [5.74, 6) is 0.370. The van der Waals surface area contributed by atoms with Gasteiger partial charge in [0.1, 0.15) is 0 Å². The number of amides is 2. The Morgan fingerprint density at radius 1 is 0.900 bits per heavy atom. The van der Waals surface area contributed by atoms with E-state index >= 15 is 0 Å². The van der Waals surface area contributed by atoms with Crippen LogP contribution in [0.15, 0.2) is 59.6 Å². The number of nitrogens with one attached hydrogen (secondary N) is 1. The van der Waals surface area contributed by atoms with Gasteiger partial charge in [0, 0.05) is 52.9 Å². The zero-order chi connectivity index (χ0) is 20.9. The Morgan fingerprint density at radius 3 is 2.10 bits per heavy atom. The Balaban J connectivity index is 1.25. The van der Waals surface area contributed by atoms with E-state index in [1.165, 1.54) is 10.5 Å². The minimum Gasteiger partial charge on any atom is -0.354 e. The van der Waals surface area contributed by atoms with E-state index in [9.17, 15) is 9.59 Å². The minimum atomic E-state index is -0.220. The standard InChI is InChI=1S/C23H27N5O2/c1-24-23(27-15-13-26(14-16-27)17-18-7-3-2-4-8-18)25-11-12-28-21(29)19-9-5-6-10-20(19)22(28)30/h2-10H,11-17H2,1H3,(H,24,25). The smallest absolute Gasteiger partial charge is 0.261 e. The summed E-state index contributed by atoms with van der Waals surface area (Å²) in [6.07, 6.45) is 0. The van der Waals surface area contributed by atoms with Crippen LogP contribution < -0.4 is 5.32 Å². The lowest BCUT2D eigenvalue weighted by atomic mass is 10.1. The van der Waals surface area contributed by atoms with E-state index in [0.717, 1.165) is 38.7 Å². The zero-order valence-electron chi connectivity index (χ0n) is 17.3. The molecular weight excluding hydrogens is 378 g/mol. The summed E-state index contributed by atoms with van der Waals surface area (Å²) < 4.78 is 0. The molecule has 7 heteroatoms. The van der Waals surface area contributed by atoms with Crippen molar-refractivity contribution < 1.29 is 9.59 Å². The fourth-order valence-corrected chi connectivity index (χ4v) is 4.01. The molecule has 0 saturated carbocycles. The van der Waals surface area contributed by atoms with Crippen LogP contribution in [0.5, 0.6) is 0 Å². The van der Waals surface area contributed by atoms with Gasteiger partial charge >= 0.3 is 0 Å². The number of piperazine rings is 1. The lowest BCUT2D eigenvalue weighted by molar-refractivity contribution is 0.0656. The van der Waals surface area contributed by atoms with E-state index in [1.54, 1.807) is 31.3 Å². The molecule has 0 aliphatic carbocycles. The number of guanidine groups is 1. The molecule has 2 amide bonds. The van der Waals surface area contributed by atoms with Gasteiger partial charge in [-0.2, -0.15) is 0 Å². The number of imide groups is 1. The molecule has 1 fully saturated rings. The zero-order valence-corrected chi connectivity index (χ0v) is 17.3. The van der Waals surface area contributed by atoms with Crippen molar-refractivity contribution in [1.82, 2.24) is 20.0 Å². The Morgan fingerprint density at radius 2 is 1.50 bits per heavy atom. The molecule has 1 saturated heterocycles. The molecule has 0 unspecified atom stereocenters. The summed E-state index contributed by atoms with van der Waals surface area (Å²) in [7, 11) is 1.76. The Kier molecular flexibility index (Phi) is 6.09. The van der Waals surface area contributed by atoms with Crippen LogP contribution in [0.25, 0.3) is 0 Å². The van der Waals surface area contributed by atoms with Gasteiger partial charge in [-0.15, -0.1) is 0 Å². The van der Waals surface area contributed by atoms with Crippen LogP contribution in [0, 0.1) is 0 Å². The number of hydrogen-bond donors (Lipinski definition) is 1. The molecule has 0 atom stereocenters. The van der Waals surface area contributed by atoms with Gasteiger partial charge in [-0.3, -0.25) is 24.4 Å². The molecule has 2 aromatic rings. The van der Waals surface area contributed by atoms with E-state index in [1.807, 2.05) is 6.07 Å².